The van der Waals surface area contributed by atoms with E-state index in [0.717, 1.165) is 45.4 Å². The lowest BCUT2D eigenvalue weighted by molar-refractivity contribution is -0.135. The van der Waals surface area contributed by atoms with Crippen molar-refractivity contribution in [1.29, 1.82) is 0 Å². The lowest BCUT2D eigenvalue weighted by Gasteiger charge is -2.43. The molecule has 138 valence electrons. The average molecular weight is 344 g/mol. The minimum atomic E-state index is -0.0740. The molecule has 0 unspecified atom stereocenters. The molecule has 0 saturated carbocycles. The maximum absolute atomic E-state index is 13.1. The number of hydrogen-bond acceptors (Lipinski definition) is 2. The molecule has 0 aliphatic carbocycles. The van der Waals surface area contributed by atoms with Gasteiger partial charge in [0.15, 0.2) is 0 Å². The van der Waals surface area contributed by atoms with Crippen LogP contribution >= 0.6 is 0 Å². The first kappa shape index (κ1) is 18.4. The van der Waals surface area contributed by atoms with Gasteiger partial charge in [0.05, 0.1) is 6.10 Å². The van der Waals surface area contributed by atoms with Crippen molar-refractivity contribution in [2.45, 2.75) is 70.8 Å². The van der Waals surface area contributed by atoms with Crippen LogP contribution in [0.4, 0.5) is 0 Å². The molecule has 0 aromatic heterocycles. The van der Waals surface area contributed by atoms with E-state index in [0.29, 0.717) is 18.2 Å². The number of amides is 1. The Morgan fingerprint density at radius 1 is 1.20 bits per heavy atom. The zero-order valence-corrected chi connectivity index (χ0v) is 16.1. The van der Waals surface area contributed by atoms with Gasteiger partial charge in [0, 0.05) is 31.5 Å². The van der Waals surface area contributed by atoms with Crippen molar-refractivity contribution in [3.8, 4) is 0 Å². The number of ether oxygens (including phenoxy) is 1. The molecule has 1 amide bonds. The Kier molecular flexibility index (Phi) is 5.83. The van der Waals surface area contributed by atoms with E-state index in [9.17, 15) is 4.79 Å². The van der Waals surface area contributed by atoms with E-state index in [1.54, 1.807) is 0 Å². The van der Waals surface area contributed by atoms with Crippen molar-refractivity contribution in [2.75, 3.05) is 19.7 Å². The van der Waals surface area contributed by atoms with Crippen molar-refractivity contribution in [3.63, 3.8) is 0 Å². The smallest absolute Gasteiger partial charge is 0.223 e. The van der Waals surface area contributed by atoms with Crippen LogP contribution in [0.25, 0.3) is 0 Å². The van der Waals surface area contributed by atoms with E-state index in [1.165, 1.54) is 17.5 Å². The van der Waals surface area contributed by atoms with E-state index < -0.39 is 0 Å². The fraction of sp³-hybridized carbons (Fsp3) is 0.682. The second-order valence-electron chi connectivity index (χ2n) is 8.37. The van der Waals surface area contributed by atoms with Crippen molar-refractivity contribution in [2.24, 2.45) is 5.92 Å². The summed E-state index contributed by atoms with van der Waals surface area (Å²) in [5.41, 5.74) is 2.52. The first-order valence-corrected chi connectivity index (χ1v) is 9.97. The summed E-state index contributed by atoms with van der Waals surface area (Å²) < 4.78 is 6.04. The maximum atomic E-state index is 13.1. The van der Waals surface area contributed by atoms with Crippen LogP contribution in [0.2, 0.25) is 0 Å². The Hall–Kier alpha value is -1.35. The summed E-state index contributed by atoms with van der Waals surface area (Å²) in [4.78, 5) is 15.2. The lowest BCUT2D eigenvalue weighted by atomic mass is 9.68. The number of carbonyl (C=O) groups is 1. The topological polar surface area (TPSA) is 29.5 Å². The molecule has 25 heavy (non-hydrogen) atoms. The second kappa shape index (κ2) is 7.90. The van der Waals surface area contributed by atoms with Gasteiger partial charge in [0.1, 0.15) is 0 Å². The van der Waals surface area contributed by atoms with E-state index >= 15 is 0 Å². The molecule has 2 aliphatic rings. The Morgan fingerprint density at radius 2 is 1.88 bits per heavy atom. The van der Waals surface area contributed by atoms with Crippen LogP contribution in [0.3, 0.4) is 0 Å². The second-order valence-corrected chi connectivity index (χ2v) is 8.37. The number of hydrogen-bond donors (Lipinski definition) is 0. The minimum absolute atomic E-state index is 0.0740. The SMILES string of the molecule is Cc1ccc([C@]2(CC(=O)N3CCCCC3)CCO[C@H](C(C)C)C2)cc1. The van der Waals surface area contributed by atoms with Crippen LogP contribution in [0, 0.1) is 12.8 Å². The van der Waals surface area contributed by atoms with Crippen LogP contribution in [-0.2, 0) is 14.9 Å². The Bertz CT molecular complexity index is 574. The number of piperidine rings is 1. The van der Waals surface area contributed by atoms with Gasteiger partial charge in [-0.15, -0.1) is 0 Å². The highest BCUT2D eigenvalue weighted by Crippen LogP contribution is 2.42. The largest absolute Gasteiger partial charge is 0.378 e. The lowest BCUT2D eigenvalue weighted by Crippen LogP contribution is -2.46. The third-order valence-electron chi connectivity index (χ3n) is 6.11. The molecule has 3 nitrogen and oxygen atoms in total. The first-order chi connectivity index (χ1) is 12.0. The van der Waals surface area contributed by atoms with Gasteiger partial charge in [0.2, 0.25) is 5.91 Å². The molecule has 0 N–H and O–H groups in total. The van der Waals surface area contributed by atoms with Gasteiger partial charge >= 0.3 is 0 Å². The highest BCUT2D eigenvalue weighted by atomic mass is 16.5. The molecule has 1 aromatic rings. The number of likely N-dealkylation sites (tertiary alicyclic amines) is 1. The van der Waals surface area contributed by atoms with Crippen LogP contribution in [0.1, 0.15) is 63.5 Å². The summed E-state index contributed by atoms with van der Waals surface area (Å²) in [7, 11) is 0. The molecule has 2 aliphatic heterocycles. The summed E-state index contributed by atoms with van der Waals surface area (Å²) in [6.07, 6.45) is 6.33. The van der Waals surface area contributed by atoms with Crippen LogP contribution in [0.5, 0.6) is 0 Å². The standard InChI is InChI=1S/C22H33NO2/c1-17(2)20-15-22(11-14-25-20,19-9-7-18(3)8-10-19)16-21(24)23-12-5-4-6-13-23/h7-10,17,20H,4-6,11-16H2,1-3H3/t20-,22+/m0/s1. The fourth-order valence-corrected chi connectivity index (χ4v) is 4.36. The average Bonchev–Trinajstić information content (AvgIpc) is 2.63. The molecule has 2 heterocycles. The molecular weight excluding hydrogens is 310 g/mol. The van der Waals surface area contributed by atoms with Crippen LogP contribution in [-0.4, -0.2) is 36.6 Å². The number of rotatable bonds is 4. The maximum Gasteiger partial charge on any atom is 0.223 e. The predicted octanol–water partition coefficient (Wildman–Crippen LogP) is 4.47. The molecular formula is C22H33NO2. The molecule has 0 spiro atoms. The number of carbonyl (C=O) groups excluding carboxylic acids is 1. The highest BCUT2D eigenvalue weighted by Gasteiger charge is 2.42. The summed E-state index contributed by atoms with van der Waals surface area (Å²) in [5, 5.41) is 0. The van der Waals surface area contributed by atoms with Gasteiger partial charge in [-0.25, -0.2) is 0 Å². The summed E-state index contributed by atoms with van der Waals surface area (Å²) in [6, 6.07) is 8.84. The van der Waals surface area contributed by atoms with Gasteiger partial charge in [-0.1, -0.05) is 43.7 Å². The Balaban J connectivity index is 1.85. The van der Waals surface area contributed by atoms with Crippen molar-refractivity contribution in [1.82, 2.24) is 4.90 Å². The third kappa shape index (κ3) is 4.25. The van der Waals surface area contributed by atoms with Crippen molar-refractivity contribution in [3.05, 3.63) is 35.4 Å². The van der Waals surface area contributed by atoms with Crippen molar-refractivity contribution >= 4 is 5.91 Å². The van der Waals surface area contributed by atoms with E-state index in [1.807, 2.05) is 0 Å². The molecule has 2 saturated heterocycles. The molecule has 2 atom stereocenters. The Labute approximate surface area is 152 Å². The molecule has 0 radical (unpaired) electrons. The molecule has 1 aromatic carbocycles. The van der Waals surface area contributed by atoms with Crippen molar-refractivity contribution < 1.29 is 9.53 Å². The van der Waals surface area contributed by atoms with Crippen LogP contribution in [0.15, 0.2) is 24.3 Å². The molecule has 0 bridgehead atoms. The summed E-state index contributed by atoms with van der Waals surface area (Å²) >= 11 is 0. The van der Waals surface area contributed by atoms with Gasteiger partial charge in [-0.05, 0) is 50.5 Å². The summed E-state index contributed by atoms with van der Waals surface area (Å²) in [5.74, 6) is 0.819. The van der Waals surface area contributed by atoms with Crippen LogP contribution < -0.4 is 0 Å². The molecule has 3 rings (SSSR count). The zero-order chi connectivity index (χ0) is 17.9. The molecule has 3 heteroatoms. The minimum Gasteiger partial charge on any atom is -0.378 e. The summed E-state index contributed by atoms with van der Waals surface area (Å²) in [6.45, 7) is 9.20. The number of benzene rings is 1. The first-order valence-electron chi connectivity index (χ1n) is 9.97. The number of aryl methyl sites for hydroxylation is 1. The highest BCUT2D eigenvalue weighted by molar-refractivity contribution is 5.78. The van der Waals surface area contributed by atoms with Gasteiger partial charge in [-0.3, -0.25) is 4.79 Å². The Morgan fingerprint density at radius 3 is 2.52 bits per heavy atom. The zero-order valence-electron chi connectivity index (χ0n) is 16.1. The van der Waals surface area contributed by atoms with Gasteiger partial charge < -0.3 is 9.64 Å². The van der Waals surface area contributed by atoms with Gasteiger partial charge in [0.25, 0.3) is 0 Å². The predicted molar refractivity (Wildman–Crippen MR) is 102 cm³/mol. The number of nitrogens with zero attached hydrogens (tertiary/aromatic N) is 1. The monoisotopic (exact) mass is 343 g/mol. The normalized spacial score (nSPS) is 27.5. The quantitative estimate of drug-likeness (QED) is 0.807. The van der Waals surface area contributed by atoms with E-state index in [4.69, 9.17) is 4.74 Å². The van der Waals surface area contributed by atoms with E-state index in [-0.39, 0.29) is 11.5 Å². The fourth-order valence-electron chi connectivity index (χ4n) is 4.36. The van der Waals surface area contributed by atoms with E-state index in [2.05, 4.69) is 49.9 Å². The molecule has 2 fully saturated rings. The third-order valence-corrected chi connectivity index (χ3v) is 6.11. The van der Waals surface area contributed by atoms with Gasteiger partial charge in [-0.2, -0.15) is 0 Å².